The zero-order valence-electron chi connectivity index (χ0n) is 17.0. The SMILES string of the molecule is C[C@H]1O[C@H](O[C@H]2[C@H](O)[C@@H](CO)O[C@H](O)[C@H]2O[C@H]2O[C@H](CO)[C@H](O)[C@H](O)[C@H]2O)CC[C@H]1O. The summed E-state index contributed by atoms with van der Waals surface area (Å²) >= 11 is 0. The highest BCUT2D eigenvalue weighted by Gasteiger charge is 2.52. The topological polar surface area (TPSA) is 208 Å². The highest BCUT2D eigenvalue weighted by atomic mass is 16.8. The highest BCUT2D eigenvalue weighted by Crippen LogP contribution is 2.32. The Hall–Kier alpha value is -0.520. The summed E-state index contributed by atoms with van der Waals surface area (Å²) < 4.78 is 27.4. The van der Waals surface area contributed by atoms with E-state index in [1.165, 1.54) is 0 Å². The van der Waals surface area contributed by atoms with Crippen LogP contribution in [0.2, 0.25) is 0 Å². The third-order valence-corrected chi connectivity index (χ3v) is 5.87. The van der Waals surface area contributed by atoms with Gasteiger partial charge in [-0.15, -0.1) is 0 Å². The molecule has 0 amide bonds. The smallest absolute Gasteiger partial charge is 0.187 e. The predicted molar refractivity (Wildman–Crippen MR) is 97.1 cm³/mol. The van der Waals surface area contributed by atoms with Crippen LogP contribution in [-0.2, 0) is 23.7 Å². The van der Waals surface area contributed by atoms with E-state index in [1.54, 1.807) is 6.92 Å². The van der Waals surface area contributed by atoms with Crippen molar-refractivity contribution in [2.45, 2.75) is 99.7 Å². The van der Waals surface area contributed by atoms with Crippen LogP contribution in [-0.4, -0.2) is 134 Å². The fraction of sp³-hybridized carbons (Fsp3) is 1.00. The zero-order valence-corrected chi connectivity index (χ0v) is 17.0. The Kier molecular flexibility index (Phi) is 8.59. The quantitative estimate of drug-likeness (QED) is 0.190. The molecule has 0 aromatic rings. The largest absolute Gasteiger partial charge is 0.394 e. The van der Waals surface area contributed by atoms with Gasteiger partial charge < -0.3 is 64.5 Å². The summed E-state index contributed by atoms with van der Waals surface area (Å²) in [6, 6.07) is 0. The van der Waals surface area contributed by atoms with Crippen LogP contribution < -0.4 is 0 Å². The van der Waals surface area contributed by atoms with E-state index in [0.29, 0.717) is 6.42 Å². The molecule has 0 radical (unpaired) electrons. The van der Waals surface area contributed by atoms with E-state index in [2.05, 4.69) is 0 Å². The van der Waals surface area contributed by atoms with Crippen LogP contribution in [0.4, 0.5) is 0 Å². The van der Waals surface area contributed by atoms with Crippen molar-refractivity contribution in [3.63, 3.8) is 0 Å². The second-order valence-corrected chi connectivity index (χ2v) is 8.05. The third kappa shape index (κ3) is 5.35. The van der Waals surface area contributed by atoms with Gasteiger partial charge >= 0.3 is 0 Å². The van der Waals surface area contributed by atoms with Gasteiger partial charge in [-0.2, -0.15) is 0 Å². The van der Waals surface area contributed by atoms with Gasteiger partial charge in [0.15, 0.2) is 18.9 Å². The number of aliphatic hydroxyl groups is 8. The van der Waals surface area contributed by atoms with Gasteiger partial charge in [0.2, 0.25) is 0 Å². The summed E-state index contributed by atoms with van der Waals surface area (Å²) in [6.45, 7) is 0.333. The molecule has 0 aliphatic carbocycles. The average Bonchev–Trinajstić information content (AvgIpc) is 2.75. The maximum atomic E-state index is 10.6. The molecule has 0 aromatic heterocycles. The standard InChI is InChI=1S/C18H32O13/c1-6-7(21)2-3-10(27-6)30-15-12(23)9(5-20)28-17(26)16(15)31-18-14(25)13(24)11(22)8(4-19)29-18/h6-26H,2-5H2,1H3/t6-,7-,8-,9-,10-,11+,12-,13+,14-,15+,16+,17+,18-/m1/s1. The zero-order chi connectivity index (χ0) is 22.9. The molecule has 0 aromatic carbocycles. The van der Waals surface area contributed by atoms with Crippen molar-refractivity contribution in [3.8, 4) is 0 Å². The lowest BCUT2D eigenvalue weighted by molar-refractivity contribution is -0.377. The molecule has 3 fully saturated rings. The number of ether oxygens (including phenoxy) is 5. The molecule has 3 saturated heterocycles. The minimum Gasteiger partial charge on any atom is -0.394 e. The molecule has 8 N–H and O–H groups in total. The Morgan fingerprint density at radius 1 is 0.710 bits per heavy atom. The van der Waals surface area contributed by atoms with Crippen LogP contribution in [0.15, 0.2) is 0 Å². The van der Waals surface area contributed by atoms with Crippen molar-refractivity contribution in [2.24, 2.45) is 0 Å². The van der Waals surface area contributed by atoms with Crippen molar-refractivity contribution in [2.75, 3.05) is 13.2 Å². The van der Waals surface area contributed by atoms with Gasteiger partial charge in [0.05, 0.1) is 25.4 Å². The van der Waals surface area contributed by atoms with Crippen molar-refractivity contribution in [1.29, 1.82) is 0 Å². The van der Waals surface area contributed by atoms with Crippen LogP contribution in [0.1, 0.15) is 19.8 Å². The first-order chi connectivity index (χ1) is 14.7. The van der Waals surface area contributed by atoms with Crippen molar-refractivity contribution >= 4 is 0 Å². The fourth-order valence-corrected chi connectivity index (χ4v) is 3.91. The normalized spacial score (nSPS) is 51.6. The van der Waals surface area contributed by atoms with Gasteiger partial charge in [-0.3, -0.25) is 0 Å². The Morgan fingerprint density at radius 2 is 1.35 bits per heavy atom. The minimum atomic E-state index is -1.75. The summed E-state index contributed by atoms with van der Waals surface area (Å²) in [5.74, 6) is 0. The Labute approximate surface area is 178 Å². The minimum absolute atomic E-state index is 0.280. The second kappa shape index (κ2) is 10.6. The van der Waals surface area contributed by atoms with Gasteiger partial charge in [0.1, 0.15) is 48.8 Å². The molecule has 0 saturated carbocycles. The van der Waals surface area contributed by atoms with Gasteiger partial charge in [-0.1, -0.05) is 0 Å². The van der Waals surface area contributed by atoms with Crippen molar-refractivity contribution in [3.05, 3.63) is 0 Å². The molecule has 0 spiro atoms. The second-order valence-electron chi connectivity index (χ2n) is 8.05. The maximum absolute atomic E-state index is 10.6. The summed E-state index contributed by atoms with van der Waals surface area (Å²) in [7, 11) is 0. The van der Waals surface area contributed by atoms with Crippen LogP contribution in [0.3, 0.4) is 0 Å². The van der Waals surface area contributed by atoms with Gasteiger partial charge in [-0.05, 0) is 13.3 Å². The molecule has 3 rings (SSSR count). The predicted octanol–water partition coefficient (Wildman–Crippen LogP) is -4.49. The molecular formula is C18H32O13. The van der Waals surface area contributed by atoms with E-state index >= 15 is 0 Å². The highest BCUT2D eigenvalue weighted by molar-refractivity contribution is 4.94. The van der Waals surface area contributed by atoms with Crippen LogP contribution >= 0.6 is 0 Å². The molecular weight excluding hydrogens is 424 g/mol. The molecule has 31 heavy (non-hydrogen) atoms. The first kappa shape index (κ1) is 25.1. The fourth-order valence-electron chi connectivity index (χ4n) is 3.91. The van der Waals surface area contributed by atoms with Crippen LogP contribution in [0.5, 0.6) is 0 Å². The molecule has 3 aliphatic heterocycles. The molecule has 0 bridgehead atoms. The summed E-state index contributed by atoms with van der Waals surface area (Å²) in [6.07, 6.45) is -16.6. The van der Waals surface area contributed by atoms with Crippen LogP contribution in [0, 0.1) is 0 Å². The molecule has 3 aliphatic rings. The molecule has 0 unspecified atom stereocenters. The Balaban J connectivity index is 1.76. The summed E-state index contributed by atoms with van der Waals surface area (Å²) in [5, 5.41) is 79.7. The summed E-state index contributed by atoms with van der Waals surface area (Å²) in [5.41, 5.74) is 0. The Morgan fingerprint density at radius 3 is 1.97 bits per heavy atom. The van der Waals surface area contributed by atoms with E-state index in [4.69, 9.17) is 23.7 Å². The monoisotopic (exact) mass is 456 g/mol. The first-order valence-electron chi connectivity index (χ1n) is 10.2. The average molecular weight is 456 g/mol. The lowest BCUT2D eigenvalue weighted by Gasteiger charge is -2.47. The maximum Gasteiger partial charge on any atom is 0.187 e. The van der Waals surface area contributed by atoms with Gasteiger partial charge in [-0.25, -0.2) is 0 Å². The van der Waals surface area contributed by atoms with Crippen molar-refractivity contribution < 1.29 is 64.5 Å². The van der Waals surface area contributed by atoms with E-state index in [9.17, 15) is 40.9 Å². The van der Waals surface area contributed by atoms with Crippen molar-refractivity contribution in [1.82, 2.24) is 0 Å². The number of aliphatic hydroxyl groups excluding tert-OH is 8. The van der Waals surface area contributed by atoms with Crippen LogP contribution in [0.25, 0.3) is 0 Å². The summed E-state index contributed by atoms with van der Waals surface area (Å²) in [4.78, 5) is 0. The van der Waals surface area contributed by atoms with Gasteiger partial charge in [0.25, 0.3) is 0 Å². The number of hydrogen-bond acceptors (Lipinski definition) is 13. The molecule has 3 heterocycles. The van der Waals surface area contributed by atoms with Gasteiger partial charge in [0, 0.05) is 6.42 Å². The molecule has 182 valence electrons. The molecule has 13 nitrogen and oxygen atoms in total. The Bertz CT molecular complexity index is 565. The lowest BCUT2D eigenvalue weighted by Crippen LogP contribution is -2.65. The lowest BCUT2D eigenvalue weighted by atomic mass is 9.97. The third-order valence-electron chi connectivity index (χ3n) is 5.87. The first-order valence-corrected chi connectivity index (χ1v) is 10.2. The van der Waals surface area contributed by atoms with E-state index in [0.717, 1.165) is 0 Å². The number of rotatable bonds is 6. The van der Waals surface area contributed by atoms with E-state index < -0.39 is 93.1 Å². The van der Waals surface area contributed by atoms with E-state index in [1.807, 2.05) is 0 Å². The van der Waals surface area contributed by atoms with E-state index in [-0.39, 0.29) is 6.42 Å². The number of hydrogen-bond donors (Lipinski definition) is 8. The molecule has 13 heteroatoms. The molecule has 13 atom stereocenters.